The maximum atomic E-state index is 5.69. The first-order chi connectivity index (χ1) is 8.54. The molecule has 0 saturated heterocycles. The van der Waals surface area contributed by atoms with Gasteiger partial charge in [-0.1, -0.05) is 6.07 Å². The lowest BCUT2D eigenvalue weighted by Crippen LogP contribution is -2.16. The number of hydrogen-bond donors (Lipinski definition) is 1. The van der Waals surface area contributed by atoms with Gasteiger partial charge in [0.05, 0.1) is 0 Å². The Labute approximate surface area is 108 Å². The Morgan fingerprint density at radius 3 is 2.39 bits per heavy atom. The molecule has 3 nitrogen and oxygen atoms in total. The summed E-state index contributed by atoms with van der Waals surface area (Å²) >= 11 is 0. The summed E-state index contributed by atoms with van der Waals surface area (Å²) < 4.78 is 0. The highest BCUT2D eigenvalue weighted by atomic mass is 15.1. The first kappa shape index (κ1) is 12.4. The van der Waals surface area contributed by atoms with Crippen molar-refractivity contribution in [2.45, 2.75) is 20.4 Å². The Morgan fingerprint density at radius 1 is 1.11 bits per heavy atom. The topological polar surface area (TPSA) is 42.2 Å². The van der Waals surface area contributed by atoms with E-state index < -0.39 is 0 Å². The number of hydrogen-bond acceptors (Lipinski definition) is 3. The van der Waals surface area contributed by atoms with Gasteiger partial charge < -0.3 is 10.6 Å². The van der Waals surface area contributed by atoms with E-state index in [4.69, 9.17) is 5.73 Å². The number of nitrogen functional groups attached to an aromatic ring is 1. The summed E-state index contributed by atoms with van der Waals surface area (Å²) in [6.45, 7) is 5.07. The van der Waals surface area contributed by atoms with Gasteiger partial charge in [0.1, 0.15) is 5.82 Å². The summed E-state index contributed by atoms with van der Waals surface area (Å²) in [4.78, 5) is 6.22. The predicted molar refractivity (Wildman–Crippen MR) is 76.7 cm³/mol. The number of anilines is 2. The van der Waals surface area contributed by atoms with E-state index >= 15 is 0 Å². The molecule has 0 radical (unpaired) electrons. The molecule has 0 unspecified atom stereocenters. The molecule has 18 heavy (non-hydrogen) atoms. The quantitative estimate of drug-likeness (QED) is 0.898. The van der Waals surface area contributed by atoms with Crippen LogP contribution in [0.15, 0.2) is 36.5 Å². The largest absolute Gasteiger partial charge is 0.384 e. The molecule has 0 bridgehead atoms. The highest BCUT2D eigenvalue weighted by Gasteiger charge is 2.04. The minimum atomic E-state index is 0.571. The summed E-state index contributed by atoms with van der Waals surface area (Å²) in [6.07, 6.45) is 1.75. The van der Waals surface area contributed by atoms with Crippen LogP contribution in [0.2, 0.25) is 0 Å². The van der Waals surface area contributed by atoms with Crippen molar-refractivity contribution in [3.8, 4) is 0 Å². The zero-order chi connectivity index (χ0) is 13.1. The van der Waals surface area contributed by atoms with Crippen molar-refractivity contribution in [3.05, 3.63) is 53.2 Å². The molecule has 0 atom stereocenters. The highest BCUT2D eigenvalue weighted by Crippen LogP contribution is 2.19. The summed E-state index contributed by atoms with van der Waals surface area (Å²) in [5.41, 5.74) is 10.7. The summed E-state index contributed by atoms with van der Waals surface area (Å²) in [5, 5.41) is 0. The lowest BCUT2D eigenvalue weighted by molar-refractivity contribution is 0.918. The number of aromatic nitrogens is 1. The van der Waals surface area contributed by atoms with Gasteiger partial charge in [0.25, 0.3) is 0 Å². The molecule has 1 heterocycles. The molecule has 0 saturated carbocycles. The van der Waals surface area contributed by atoms with Crippen LogP contribution < -0.4 is 10.6 Å². The Hall–Kier alpha value is -2.03. The molecule has 3 heteroatoms. The van der Waals surface area contributed by atoms with Crippen molar-refractivity contribution in [2.24, 2.45) is 0 Å². The standard InChI is InChI=1S/C15H19N3/c1-11-6-12(2)8-14(7-11)18(3)10-13-4-5-17-15(16)9-13/h4-9H,10H2,1-3H3,(H2,16,17). The summed E-state index contributed by atoms with van der Waals surface area (Å²) in [5.74, 6) is 0.571. The Balaban J connectivity index is 2.19. The number of nitrogens with two attached hydrogens (primary N) is 1. The van der Waals surface area contributed by atoms with E-state index in [1.807, 2.05) is 12.1 Å². The van der Waals surface area contributed by atoms with Crippen molar-refractivity contribution >= 4 is 11.5 Å². The fourth-order valence-electron chi connectivity index (χ4n) is 2.13. The third-order valence-electron chi connectivity index (χ3n) is 2.91. The Morgan fingerprint density at radius 2 is 1.78 bits per heavy atom. The molecular formula is C15H19N3. The van der Waals surface area contributed by atoms with Gasteiger partial charge in [-0.15, -0.1) is 0 Å². The second-order valence-corrected chi connectivity index (χ2v) is 4.79. The van der Waals surface area contributed by atoms with Gasteiger partial charge in [0.15, 0.2) is 0 Å². The van der Waals surface area contributed by atoms with Crippen molar-refractivity contribution in [1.29, 1.82) is 0 Å². The fourth-order valence-corrected chi connectivity index (χ4v) is 2.13. The maximum Gasteiger partial charge on any atom is 0.123 e. The average Bonchev–Trinajstić information content (AvgIpc) is 2.27. The van der Waals surface area contributed by atoms with Crippen molar-refractivity contribution in [1.82, 2.24) is 4.98 Å². The minimum absolute atomic E-state index is 0.571. The van der Waals surface area contributed by atoms with Gasteiger partial charge in [0, 0.05) is 25.5 Å². The van der Waals surface area contributed by atoms with Crippen molar-refractivity contribution < 1.29 is 0 Å². The van der Waals surface area contributed by atoms with Crippen LogP contribution in [0, 0.1) is 13.8 Å². The van der Waals surface area contributed by atoms with Crippen molar-refractivity contribution in [3.63, 3.8) is 0 Å². The van der Waals surface area contributed by atoms with Crippen LogP contribution in [-0.2, 0) is 6.54 Å². The molecular weight excluding hydrogens is 222 g/mol. The zero-order valence-corrected chi connectivity index (χ0v) is 11.1. The molecule has 0 fully saturated rings. The van der Waals surface area contributed by atoms with Crippen LogP contribution in [-0.4, -0.2) is 12.0 Å². The van der Waals surface area contributed by atoms with Crippen LogP contribution in [0.25, 0.3) is 0 Å². The molecule has 0 aliphatic heterocycles. The van der Waals surface area contributed by atoms with Gasteiger partial charge >= 0.3 is 0 Å². The molecule has 0 aliphatic rings. The smallest absolute Gasteiger partial charge is 0.123 e. The third kappa shape index (κ3) is 3.00. The van der Waals surface area contributed by atoms with Gasteiger partial charge in [-0.05, 0) is 54.8 Å². The van der Waals surface area contributed by atoms with Gasteiger partial charge in [-0.2, -0.15) is 0 Å². The Bertz CT molecular complexity index is 529. The van der Waals surface area contributed by atoms with E-state index in [-0.39, 0.29) is 0 Å². The number of nitrogens with zero attached hydrogens (tertiary/aromatic N) is 2. The molecule has 0 spiro atoms. The Kier molecular flexibility index (Phi) is 3.51. The molecule has 94 valence electrons. The maximum absolute atomic E-state index is 5.69. The van der Waals surface area contributed by atoms with Crippen LogP contribution in [0.5, 0.6) is 0 Å². The van der Waals surface area contributed by atoms with Gasteiger partial charge in [0.2, 0.25) is 0 Å². The van der Waals surface area contributed by atoms with Gasteiger partial charge in [-0.25, -0.2) is 4.98 Å². The monoisotopic (exact) mass is 241 g/mol. The van der Waals surface area contributed by atoms with Crippen LogP contribution >= 0.6 is 0 Å². The lowest BCUT2D eigenvalue weighted by Gasteiger charge is -2.20. The fraction of sp³-hybridized carbons (Fsp3) is 0.267. The molecule has 0 aliphatic carbocycles. The average molecular weight is 241 g/mol. The number of rotatable bonds is 3. The third-order valence-corrected chi connectivity index (χ3v) is 2.91. The second kappa shape index (κ2) is 5.08. The minimum Gasteiger partial charge on any atom is -0.384 e. The van der Waals surface area contributed by atoms with E-state index in [1.165, 1.54) is 22.4 Å². The SMILES string of the molecule is Cc1cc(C)cc(N(C)Cc2ccnc(N)c2)c1. The van der Waals surface area contributed by atoms with Crippen LogP contribution in [0.1, 0.15) is 16.7 Å². The van der Waals surface area contributed by atoms with E-state index in [9.17, 15) is 0 Å². The molecule has 2 aromatic rings. The van der Waals surface area contributed by atoms with E-state index in [0.717, 1.165) is 6.54 Å². The summed E-state index contributed by atoms with van der Waals surface area (Å²) in [6, 6.07) is 10.5. The molecule has 0 amide bonds. The first-order valence-electron chi connectivity index (χ1n) is 6.04. The normalized spacial score (nSPS) is 10.4. The number of aryl methyl sites for hydroxylation is 2. The van der Waals surface area contributed by atoms with E-state index in [0.29, 0.717) is 5.82 Å². The lowest BCUT2D eigenvalue weighted by atomic mass is 10.1. The van der Waals surface area contributed by atoms with Gasteiger partial charge in [-0.3, -0.25) is 0 Å². The number of benzene rings is 1. The molecule has 2 N–H and O–H groups in total. The van der Waals surface area contributed by atoms with E-state index in [2.05, 4.69) is 49.0 Å². The molecule has 1 aromatic carbocycles. The van der Waals surface area contributed by atoms with Crippen LogP contribution in [0.4, 0.5) is 11.5 Å². The first-order valence-corrected chi connectivity index (χ1v) is 6.04. The molecule has 2 rings (SSSR count). The summed E-state index contributed by atoms with van der Waals surface area (Å²) in [7, 11) is 2.09. The zero-order valence-electron chi connectivity index (χ0n) is 11.1. The predicted octanol–water partition coefficient (Wildman–Crippen LogP) is 2.92. The molecule has 1 aromatic heterocycles. The van der Waals surface area contributed by atoms with Crippen LogP contribution in [0.3, 0.4) is 0 Å². The van der Waals surface area contributed by atoms with Crippen molar-refractivity contribution in [2.75, 3.05) is 17.7 Å². The van der Waals surface area contributed by atoms with E-state index in [1.54, 1.807) is 6.20 Å². The number of pyridine rings is 1. The second-order valence-electron chi connectivity index (χ2n) is 4.79. The highest BCUT2D eigenvalue weighted by molar-refractivity contribution is 5.51.